The van der Waals surface area contributed by atoms with E-state index in [1.54, 1.807) is 0 Å². The van der Waals surface area contributed by atoms with Gasteiger partial charge in [-0.1, -0.05) is 34.6 Å². The monoisotopic (exact) mass is 994 g/mol. The summed E-state index contributed by atoms with van der Waals surface area (Å²) in [7, 11) is 9.12. The Morgan fingerprint density at radius 1 is 0.577 bits per heavy atom. The van der Waals surface area contributed by atoms with E-state index in [0.29, 0.717) is 45.4 Å². The van der Waals surface area contributed by atoms with Gasteiger partial charge in [-0.25, -0.2) is 0 Å². The van der Waals surface area contributed by atoms with E-state index in [9.17, 15) is 33.6 Å². The fourth-order valence-electron chi connectivity index (χ4n) is 12.5. The third-order valence-corrected chi connectivity index (χ3v) is 17.0. The van der Waals surface area contributed by atoms with Crippen LogP contribution in [-0.2, 0) is 66.7 Å². The van der Waals surface area contributed by atoms with Crippen LogP contribution < -0.4 is 11.1 Å². The maximum absolute atomic E-state index is 14.0. The summed E-state index contributed by atoms with van der Waals surface area (Å²) in [6.45, 7) is 15.4. The van der Waals surface area contributed by atoms with Gasteiger partial charge in [0.15, 0.2) is 0 Å². The third kappa shape index (κ3) is 10.0. The predicted octanol–water partition coefficient (Wildman–Crippen LogP) is 5.82. The quantitative estimate of drug-likeness (QED) is 0.121. The standard InChI is InChI=1S/C52H75N5O14/c1-27-41-29(16-19-33(58)65-9)48(3,4)47(54-41)40(53)43-30(17-20-34(59)66-10)50(6,25-38(63)70-14)45(55-43)28(2)42-31(18-21-35(60)67-11)51(7,26-39(64)71-15)52(8,57-42)46-32(24-37(62)69-13)49(5,44(27)56-46)23-22-36(61)68-12/h29-32,46,55H,16-26,53H2,1-15H3/b41-27-,43-40?,45-28?/t29-,30-,31-,32+,46-,49-,50+,51+,52-/m1/s1. The Hall–Kier alpha value is -5.88. The smallest absolute Gasteiger partial charge is 0.306 e. The Bertz CT molecular complexity index is 2400. The summed E-state index contributed by atoms with van der Waals surface area (Å²) in [6.07, 6.45) is 0.0286. The first-order valence-corrected chi connectivity index (χ1v) is 24.2. The maximum Gasteiger partial charge on any atom is 0.306 e. The molecule has 19 nitrogen and oxygen atoms in total. The molecular formula is C52H75N5O14. The molecule has 0 saturated carbocycles. The van der Waals surface area contributed by atoms with Crippen molar-refractivity contribution in [3.63, 3.8) is 0 Å². The first kappa shape index (κ1) is 56.0. The predicted molar refractivity (Wildman–Crippen MR) is 261 cm³/mol. The van der Waals surface area contributed by atoms with E-state index in [4.69, 9.17) is 53.9 Å². The molecule has 0 radical (unpaired) electrons. The highest BCUT2D eigenvalue weighted by Crippen LogP contribution is 2.63. The van der Waals surface area contributed by atoms with E-state index in [0.717, 1.165) is 0 Å². The Morgan fingerprint density at radius 3 is 1.58 bits per heavy atom. The van der Waals surface area contributed by atoms with E-state index >= 15 is 0 Å². The van der Waals surface area contributed by atoms with Gasteiger partial charge in [0.05, 0.1) is 92.0 Å². The number of rotatable bonds is 18. The van der Waals surface area contributed by atoms with Gasteiger partial charge in [0.2, 0.25) is 0 Å². The summed E-state index contributed by atoms with van der Waals surface area (Å²) in [6, 6.07) is -0.915. The summed E-state index contributed by atoms with van der Waals surface area (Å²) >= 11 is 0. The van der Waals surface area contributed by atoms with Crippen LogP contribution in [0.1, 0.15) is 126 Å². The summed E-state index contributed by atoms with van der Waals surface area (Å²) in [5.74, 6) is -6.12. The molecule has 19 heteroatoms. The molecule has 0 unspecified atom stereocenters. The van der Waals surface area contributed by atoms with Crippen LogP contribution in [0.2, 0.25) is 0 Å². The molecule has 5 aliphatic heterocycles. The van der Waals surface area contributed by atoms with Crippen LogP contribution in [0.4, 0.5) is 0 Å². The van der Waals surface area contributed by atoms with Crippen molar-refractivity contribution >= 4 is 58.9 Å². The summed E-state index contributed by atoms with van der Waals surface area (Å²) in [4.78, 5) is 111. The Morgan fingerprint density at radius 2 is 1.06 bits per heavy atom. The zero-order valence-electron chi connectivity index (χ0n) is 44.3. The lowest BCUT2D eigenvalue weighted by Crippen LogP contribution is -2.55. The number of aliphatic imine (C=N–C) groups is 3. The normalized spacial score (nSPS) is 31.5. The second kappa shape index (κ2) is 21.5. The van der Waals surface area contributed by atoms with E-state index in [2.05, 4.69) is 5.32 Å². The highest BCUT2D eigenvalue weighted by atomic mass is 16.5. The van der Waals surface area contributed by atoms with E-state index < -0.39 is 98.7 Å². The van der Waals surface area contributed by atoms with Crippen LogP contribution in [0.5, 0.6) is 0 Å². The molecule has 1 saturated heterocycles. The van der Waals surface area contributed by atoms with Crippen molar-refractivity contribution in [3.05, 3.63) is 33.9 Å². The van der Waals surface area contributed by atoms with Crippen molar-refractivity contribution in [3.8, 4) is 0 Å². The van der Waals surface area contributed by atoms with E-state index in [1.165, 1.54) is 49.8 Å². The minimum absolute atomic E-state index is 0.0258. The van der Waals surface area contributed by atoms with Crippen LogP contribution in [0.25, 0.3) is 0 Å². The van der Waals surface area contributed by atoms with Crippen LogP contribution in [0.3, 0.4) is 0 Å². The van der Waals surface area contributed by atoms with Crippen LogP contribution in [-0.4, -0.2) is 120 Å². The molecule has 3 N–H and O–H groups in total. The molecular weight excluding hydrogens is 919 g/mol. The van der Waals surface area contributed by atoms with Crippen molar-refractivity contribution < 1.29 is 66.7 Å². The molecule has 0 aliphatic carbocycles. The fourth-order valence-corrected chi connectivity index (χ4v) is 12.5. The van der Waals surface area contributed by atoms with Gasteiger partial charge in [-0.05, 0) is 57.6 Å². The molecule has 0 aromatic rings. The average Bonchev–Trinajstić information content (AvgIpc) is 3.97. The second-order valence-electron chi connectivity index (χ2n) is 20.9. The topological polar surface area (TPSA) is 259 Å². The Kier molecular flexibility index (Phi) is 16.9. The molecule has 9 atom stereocenters. The van der Waals surface area contributed by atoms with Gasteiger partial charge >= 0.3 is 41.8 Å². The number of carbonyl (C=O) groups is 7. The third-order valence-electron chi connectivity index (χ3n) is 17.0. The van der Waals surface area contributed by atoms with Crippen molar-refractivity contribution in [2.75, 3.05) is 49.8 Å². The number of esters is 7. The van der Waals surface area contributed by atoms with Crippen molar-refractivity contribution in [1.29, 1.82) is 0 Å². The van der Waals surface area contributed by atoms with Gasteiger partial charge in [0, 0.05) is 99.5 Å². The SMILES string of the molecule is COC(=O)CC[C@@H]1/C2=C(\C)C3=N[C@H]([C@H](CC(=O)OC)[C@@]3(C)CCC(=O)OC)[C@@]3(C)N=C(C(C)=C4NC(=C(N)C(=N2)C1(C)C)[C@@H](CCC(=O)OC)[C@]4(C)CC(=O)OC)[C@@H](CCC(=O)OC)[C@]3(C)CC(=O)OC. The molecule has 0 spiro atoms. The number of ether oxygens (including phenoxy) is 7. The lowest BCUT2D eigenvalue weighted by atomic mass is 9.55. The zero-order valence-corrected chi connectivity index (χ0v) is 44.3. The van der Waals surface area contributed by atoms with Gasteiger partial charge in [-0.3, -0.25) is 48.5 Å². The van der Waals surface area contributed by atoms with Crippen molar-refractivity contribution in [2.24, 2.45) is 66.0 Å². The molecule has 5 aliphatic rings. The van der Waals surface area contributed by atoms with Crippen LogP contribution in [0.15, 0.2) is 48.9 Å². The molecule has 0 aromatic heterocycles. The van der Waals surface area contributed by atoms with Gasteiger partial charge in [0.1, 0.15) is 0 Å². The first-order valence-electron chi connectivity index (χ1n) is 24.2. The van der Waals surface area contributed by atoms with Gasteiger partial charge in [-0.15, -0.1) is 0 Å². The molecule has 71 heavy (non-hydrogen) atoms. The lowest BCUT2D eigenvalue weighted by molar-refractivity contribution is -0.147. The highest BCUT2D eigenvalue weighted by Gasteiger charge is 2.67. The molecule has 1 fully saturated rings. The number of fused-ring (bicyclic) bond motifs is 6. The summed E-state index contributed by atoms with van der Waals surface area (Å²) in [5, 5.41) is 3.68. The molecule has 392 valence electrons. The molecule has 8 bridgehead atoms. The second-order valence-corrected chi connectivity index (χ2v) is 20.9. The number of nitrogens with zero attached hydrogens (tertiary/aromatic N) is 3. The number of nitrogens with two attached hydrogens (primary N) is 1. The molecule has 5 rings (SSSR count). The number of hydrogen-bond donors (Lipinski definition) is 2. The largest absolute Gasteiger partial charge is 0.469 e. The number of allylic oxidation sites excluding steroid dienone is 6. The van der Waals surface area contributed by atoms with Crippen LogP contribution in [0, 0.1) is 45.3 Å². The number of hydrogen-bond acceptors (Lipinski definition) is 19. The Labute approximate surface area is 417 Å². The van der Waals surface area contributed by atoms with Gasteiger partial charge < -0.3 is 44.2 Å². The number of nitrogens with one attached hydrogen (secondary N) is 1. The van der Waals surface area contributed by atoms with Crippen molar-refractivity contribution in [1.82, 2.24) is 5.32 Å². The zero-order chi connectivity index (χ0) is 53.2. The minimum Gasteiger partial charge on any atom is -0.469 e. The van der Waals surface area contributed by atoms with Crippen LogP contribution >= 0.6 is 0 Å². The van der Waals surface area contributed by atoms with E-state index in [1.807, 2.05) is 55.4 Å². The highest BCUT2D eigenvalue weighted by molar-refractivity contribution is 6.11. The lowest BCUT2D eigenvalue weighted by Gasteiger charge is -2.48. The van der Waals surface area contributed by atoms with E-state index in [-0.39, 0.29) is 76.3 Å². The first-order chi connectivity index (χ1) is 33.2. The molecule has 0 aromatic carbocycles. The van der Waals surface area contributed by atoms with Crippen molar-refractivity contribution in [2.45, 2.75) is 138 Å². The number of carbonyl (C=O) groups excluding carboxylic acids is 7. The maximum atomic E-state index is 14.0. The van der Waals surface area contributed by atoms with Gasteiger partial charge in [-0.2, -0.15) is 0 Å². The average molecular weight is 994 g/mol. The fraction of sp³-hybridized carbons (Fsp3) is 0.692. The Balaban J connectivity index is 2.08. The summed E-state index contributed by atoms with van der Waals surface area (Å²) in [5.41, 5.74) is 6.28. The minimum atomic E-state index is -1.40. The molecule has 0 amide bonds. The summed E-state index contributed by atoms with van der Waals surface area (Å²) < 4.78 is 36.8. The number of methoxy groups -OCH3 is 7. The van der Waals surface area contributed by atoms with Gasteiger partial charge in [0.25, 0.3) is 0 Å². The molecule has 5 heterocycles.